The Balaban J connectivity index is 2.88. The Hall–Kier alpha value is -1.39. The molecular weight excluding hydrogens is 182 g/mol. The normalized spacial score (nSPS) is 14.8. The minimum absolute atomic E-state index is 0.214. The average molecular weight is 195 g/mol. The Kier molecular flexibility index (Phi) is 3.22. The van der Waals surface area contributed by atoms with Crippen LogP contribution in [-0.4, -0.2) is 22.3 Å². The van der Waals surface area contributed by atoms with Gasteiger partial charge in [0.2, 0.25) is 0 Å². The zero-order valence-corrected chi connectivity index (χ0v) is 7.84. The van der Waals surface area contributed by atoms with Crippen LogP contribution in [0.4, 0.5) is 0 Å². The number of nitrogens with two attached hydrogens (primary N) is 1. The molecule has 0 saturated heterocycles. The molecule has 4 heteroatoms. The molecule has 4 N–H and O–H groups in total. The van der Waals surface area contributed by atoms with E-state index in [1.54, 1.807) is 19.1 Å². The highest BCUT2D eigenvalue weighted by molar-refractivity contribution is 5.87. The molecule has 0 bridgehead atoms. The molecule has 76 valence electrons. The van der Waals surface area contributed by atoms with E-state index in [1.165, 1.54) is 12.1 Å². The van der Waals surface area contributed by atoms with Gasteiger partial charge in [0.25, 0.3) is 0 Å². The topological polar surface area (TPSA) is 83.5 Å². The van der Waals surface area contributed by atoms with Crippen LogP contribution < -0.4 is 5.73 Å². The molecule has 0 heterocycles. The molecule has 0 fully saturated rings. The van der Waals surface area contributed by atoms with Gasteiger partial charge in [-0.3, -0.25) is 0 Å². The monoisotopic (exact) mass is 195 g/mol. The second-order valence-electron chi connectivity index (χ2n) is 3.19. The zero-order valence-electron chi connectivity index (χ0n) is 7.84. The van der Waals surface area contributed by atoms with Gasteiger partial charge in [-0.05, 0) is 24.6 Å². The smallest absolute Gasteiger partial charge is 0.335 e. The molecule has 1 rings (SSSR count). The quantitative estimate of drug-likeness (QED) is 0.665. The van der Waals surface area contributed by atoms with Gasteiger partial charge in [-0.25, -0.2) is 4.79 Å². The lowest BCUT2D eigenvalue weighted by Crippen LogP contribution is -2.23. The molecule has 4 nitrogen and oxygen atoms in total. The number of hydrogen-bond acceptors (Lipinski definition) is 3. The third-order valence-electron chi connectivity index (χ3n) is 2.06. The zero-order chi connectivity index (χ0) is 10.7. The van der Waals surface area contributed by atoms with Crippen LogP contribution in [0.1, 0.15) is 28.9 Å². The predicted octanol–water partition coefficient (Wildman–Crippen LogP) is 0.765. The first kappa shape index (κ1) is 10.7. The summed E-state index contributed by atoms with van der Waals surface area (Å²) in [6, 6.07) is 5.69. The molecule has 14 heavy (non-hydrogen) atoms. The van der Waals surface area contributed by atoms with Crippen molar-refractivity contribution in [1.82, 2.24) is 0 Å². The van der Waals surface area contributed by atoms with Crippen LogP contribution in [-0.2, 0) is 0 Å². The Morgan fingerprint density at radius 1 is 1.36 bits per heavy atom. The molecule has 0 saturated carbocycles. The summed E-state index contributed by atoms with van der Waals surface area (Å²) in [4.78, 5) is 10.5. The standard InChI is InChI=1S/C10H13NO3/c1-6(12)9(11)7-2-4-8(5-3-7)10(13)14/h2-6,9,12H,11H2,1H3,(H,13,14)/t6-,9+/m0/s1. The molecule has 0 amide bonds. The molecule has 0 aliphatic rings. The van der Waals surface area contributed by atoms with Gasteiger partial charge in [-0.15, -0.1) is 0 Å². The van der Waals surface area contributed by atoms with Crippen molar-refractivity contribution in [2.45, 2.75) is 19.1 Å². The van der Waals surface area contributed by atoms with E-state index in [0.717, 1.165) is 5.56 Å². The maximum atomic E-state index is 10.5. The minimum Gasteiger partial charge on any atom is -0.478 e. The van der Waals surface area contributed by atoms with E-state index in [4.69, 9.17) is 10.8 Å². The van der Waals surface area contributed by atoms with Crippen molar-refractivity contribution in [2.24, 2.45) is 5.73 Å². The van der Waals surface area contributed by atoms with Crippen LogP contribution in [0.5, 0.6) is 0 Å². The van der Waals surface area contributed by atoms with Gasteiger partial charge >= 0.3 is 5.97 Å². The van der Waals surface area contributed by atoms with Crippen LogP contribution in [0, 0.1) is 0 Å². The first-order valence-electron chi connectivity index (χ1n) is 4.29. The lowest BCUT2D eigenvalue weighted by Gasteiger charge is -2.14. The van der Waals surface area contributed by atoms with Gasteiger partial charge in [0.05, 0.1) is 17.7 Å². The van der Waals surface area contributed by atoms with Crippen molar-refractivity contribution in [3.05, 3.63) is 35.4 Å². The molecule has 0 radical (unpaired) electrons. The number of benzene rings is 1. The fourth-order valence-electron chi connectivity index (χ4n) is 1.13. The number of carboxylic acid groups (broad SMARTS) is 1. The Morgan fingerprint density at radius 2 is 1.86 bits per heavy atom. The fraction of sp³-hybridized carbons (Fsp3) is 0.300. The van der Waals surface area contributed by atoms with E-state index >= 15 is 0 Å². The van der Waals surface area contributed by atoms with Crippen LogP contribution in [0.15, 0.2) is 24.3 Å². The van der Waals surface area contributed by atoms with Crippen LogP contribution >= 0.6 is 0 Å². The average Bonchev–Trinajstić information content (AvgIpc) is 2.16. The number of aliphatic hydroxyl groups excluding tert-OH is 1. The molecule has 2 atom stereocenters. The Morgan fingerprint density at radius 3 is 2.21 bits per heavy atom. The summed E-state index contributed by atoms with van der Waals surface area (Å²) in [5.41, 5.74) is 6.61. The van der Waals surface area contributed by atoms with Gasteiger partial charge < -0.3 is 15.9 Å². The highest BCUT2D eigenvalue weighted by Gasteiger charge is 2.12. The predicted molar refractivity (Wildman–Crippen MR) is 52.0 cm³/mol. The van der Waals surface area contributed by atoms with Crippen molar-refractivity contribution < 1.29 is 15.0 Å². The summed E-state index contributed by atoms with van der Waals surface area (Å²) >= 11 is 0. The number of carbonyl (C=O) groups is 1. The Labute approximate surface area is 82.0 Å². The van der Waals surface area contributed by atoms with E-state index in [2.05, 4.69) is 0 Å². The van der Waals surface area contributed by atoms with Gasteiger partial charge in [0.15, 0.2) is 0 Å². The number of rotatable bonds is 3. The Bertz CT molecular complexity index is 319. The van der Waals surface area contributed by atoms with Crippen molar-refractivity contribution >= 4 is 5.97 Å². The van der Waals surface area contributed by atoms with E-state index < -0.39 is 18.1 Å². The molecule has 0 aliphatic carbocycles. The van der Waals surface area contributed by atoms with Crippen LogP contribution in [0.25, 0.3) is 0 Å². The third-order valence-corrected chi connectivity index (χ3v) is 2.06. The second kappa shape index (κ2) is 4.21. The summed E-state index contributed by atoms with van der Waals surface area (Å²) < 4.78 is 0. The summed E-state index contributed by atoms with van der Waals surface area (Å²) in [7, 11) is 0. The van der Waals surface area contributed by atoms with E-state index in [9.17, 15) is 9.90 Å². The number of aliphatic hydroxyl groups is 1. The highest BCUT2D eigenvalue weighted by Crippen LogP contribution is 2.14. The number of carboxylic acids is 1. The molecular formula is C10H13NO3. The van der Waals surface area contributed by atoms with Gasteiger partial charge in [0.1, 0.15) is 0 Å². The molecule has 0 spiro atoms. The molecule has 0 unspecified atom stereocenters. The van der Waals surface area contributed by atoms with Gasteiger partial charge in [-0.1, -0.05) is 12.1 Å². The summed E-state index contributed by atoms with van der Waals surface area (Å²) in [5, 5.41) is 17.9. The molecule has 0 aliphatic heterocycles. The first-order chi connectivity index (χ1) is 6.52. The van der Waals surface area contributed by atoms with E-state index in [-0.39, 0.29) is 5.56 Å². The maximum absolute atomic E-state index is 10.5. The third kappa shape index (κ3) is 2.31. The van der Waals surface area contributed by atoms with Crippen molar-refractivity contribution in [3.63, 3.8) is 0 Å². The molecule has 1 aromatic carbocycles. The van der Waals surface area contributed by atoms with E-state index in [0.29, 0.717) is 0 Å². The van der Waals surface area contributed by atoms with Crippen molar-refractivity contribution in [1.29, 1.82) is 0 Å². The van der Waals surface area contributed by atoms with E-state index in [1.807, 2.05) is 0 Å². The lowest BCUT2D eigenvalue weighted by molar-refractivity contribution is 0.0697. The highest BCUT2D eigenvalue weighted by atomic mass is 16.4. The summed E-state index contributed by atoms with van der Waals surface area (Å²) in [6.45, 7) is 1.59. The van der Waals surface area contributed by atoms with Crippen LogP contribution in [0.2, 0.25) is 0 Å². The van der Waals surface area contributed by atoms with Crippen molar-refractivity contribution in [3.8, 4) is 0 Å². The largest absolute Gasteiger partial charge is 0.478 e. The summed E-state index contributed by atoms with van der Waals surface area (Å²) in [6.07, 6.45) is -0.648. The first-order valence-corrected chi connectivity index (χ1v) is 4.29. The van der Waals surface area contributed by atoms with Gasteiger partial charge in [-0.2, -0.15) is 0 Å². The van der Waals surface area contributed by atoms with Crippen molar-refractivity contribution in [2.75, 3.05) is 0 Å². The lowest BCUT2D eigenvalue weighted by atomic mass is 10.0. The summed E-state index contributed by atoms with van der Waals surface area (Å²) in [5.74, 6) is -0.970. The second-order valence-corrected chi connectivity index (χ2v) is 3.19. The SMILES string of the molecule is C[C@H](O)[C@@H](N)c1ccc(C(=O)O)cc1. The van der Waals surface area contributed by atoms with Crippen LogP contribution in [0.3, 0.4) is 0 Å². The number of aromatic carboxylic acids is 1. The number of hydrogen-bond donors (Lipinski definition) is 3. The molecule has 1 aromatic rings. The fourth-order valence-corrected chi connectivity index (χ4v) is 1.13. The minimum atomic E-state index is -0.970. The van der Waals surface area contributed by atoms with Gasteiger partial charge in [0, 0.05) is 0 Å². The maximum Gasteiger partial charge on any atom is 0.335 e. The molecule has 0 aromatic heterocycles.